The molecule has 0 unspecified atom stereocenters. The number of carbonyl (C=O) groups excluding carboxylic acids is 1. The molecular formula is C16H20BrN5O5. The zero-order chi connectivity index (χ0) is 20.4. The van der Waals surface area contributed by atoms with Crippen molar-refractivity contribution in [2.45, 2.75) is 44.9 Å². The molecule has 1 saturated heterocycles. The Kier molecular flexibility index (Phi) is 6.22. The summed E-state index contributed by atoms with van der Waals surface area (Å²) in [7, 11) is 0. The third-order valence-corrected chi connectivity index (χ3v) is 4.63. The van der Waals surface area contributed by atoms with Gasteiger partial charge in [-0.2, -0.15) is 5.26 Å². The van der Waals surface area contributed by atoms with Gasteiger partial charge in [-0.3, -0.25) is 10.1 Å². The van der Waals surface area contributed by atoms with E-state index in [9.17, 15) is 25.3 Å². The van der Waals surface area contributed by atoms with E-state index in [1.54, 1.807) is 26.8 Å². The molecule has 0 saturated carbocycles. The molecule has 0 bridgehead atoms. The number of likely N-dealkylation sites (tertiary alicyclic amines) is 1. The summed E-state index contributed by atoms with van der Waals surface area (Å²) in [6.45, 7) is 5.79. The summed E-state index contributed by atoms with van der Waals surface area (Å²) in [6, 6.07) is 1.19. The first-order chi connectivity index (χ1) is 12.5. The maximum atomic E-state index is 12.3. The second kappa shape index (κ2) is 8.06. The summed E-state index contributed by atoms with van der Waals surface area (Å²) < 4.78 is 5.47. The molecule has 2 rings (SSSR count). The van der Waals surface area contributed by atoms with Crippen LogP contribution in [-0.4, -0.2) is 56.8 Å². The van der Waals surface area contributed by atoms with E-state index < -0.39 is 34.5 Å². The van der Waals surface area contributed by atoms with Crippen molar-refractivity contribution in [1.29, 1.82) is 5.26 Å². The van der Waals surface area contributed by atoms with E-state index in [1.165, 1.54) is 4.90 Å². The molecule has 1 aromatic rings. The molecule has 1 amide bonds. The Balaban J connectivity index is 2.19. The second-order valence-corrected chi connectivity index (χ2v) is 7.88. The lowest BCUT2D eigenvalue weighted by atomic mass is 10.0. The highest BCUT2D eigenvalue weighted by Crippen LogP contribution is 2.32. The van der Waals surface area contributed by atoms with Crippen molar-refractivity contribution in [3.8, 4) is 6.07 Å². The summed E-state index contributed by atoms with van der Waals surface area (Å²) in [5, 5.41) is 33.4. The summed E-state index contributed by atoms with van der Waals surface area (Å²) in [5.74, 6) is 0.173. The number of nitriles is 1. The quantitative estimate of drug-likeness (QED) is 0.537. The van der Waals surface area contributed by atoms with E-state index in [0.29, 0.717) is 13.0 Å². The van der Waals surface area contributed by atoms with Gasteiger partial charge in [0.1, 0.15) is 29.2 Å². The van der Waals surface area contributed by atoms with Crippen molar-refractivity contribution in [3.05, 3.63) is 26.3 Å². The van der Waals surface area contributed by atoms with Gasteiger partial charge in [0.15, 0.2) is 0 Å². The van der Waals surface area contributed by atoms with Crippen LogP contribution < -0.4 is 5.32 Å². The molecule has 27 heavy (non-hydrogen) atoms. The van der Waals surface area contributed by atoms with Crippen molar-refractivity contribution in [1.82, 2.24) is 9.88 Å². The number of halogens is 1. The van der Waals surface area contributed by atoms with Crippen LogP contribution in [0, 0.1) is 21.4 Å². The predicted molar refractivity (Wildman–Crippen MR) is 99.1 cm³/mol. The van der Waals surface area contributed by atoms with Gasteiger partial charge in [-0.1, -0.05) is 0 Å². The average molecular weight is 442 g/mol. The van der Waals surface area contributed by atoms with Gasteiger partial charge in [-0.15, -0.1) is 0 Å². The molecule has 146 valence electrons. The molecule has 1 aliphatic heterocycles. The molecule has 0 radical (unpaired) electrons. The summed E-state index contributed by atoms with van der Waals surface area (Å²) in [5.41, 5.74) is -1.23. The number of hydrogen-bond acceptors (Lipinski definition) is 8. The highest BCUT2D eigenvalue weighted by Gasteiger charge is 2.33. The van der Waals surface area contributed by atoms with Gasteiger partial charge in [0.25, 0.3) is 0 Å². The number of piperidine rings is 1. The third-order valence-electron chi connectivity index (χ3n) is 3.86. The SMILES string of the molecule is CC(C)(C)OC(=O)N1CC[C@@H](O)[C@H](Nc2ncc([N+](=O)[O-])c(C#N)c2Br)C1. The molecule has 2 atom stereocenters. The fourth-order valence-electron chi connectivity index (χ4n) is 2.57. The Morgan fingerprint density at radius 1 is 1.59 bits per heavy atom. The molecule has 0 aromatic carbocycles. The van der Waals surface area contributed by atoms with Crippen molar-refractivity contribution in [2.75, 3.05) is 18.4 Å². The predicted octanol–water partition coefficient (Wildman–Crippen LogP) is 2.41. The molecule has 0 aliphatic carbocycles. The first-order valence-electron chi connectivity index (χ1n) is 8.19. The van der Waals surface area contributed by atoms with E-state index in [-0.39, 0.29) is 22.4 Å². The molecule has 1 fully saturated rings. The van der Waals surface area contributed by atoms with E-state index in [4.69, 9.17) is 4.74 Å². The smallest absolute Gasteiger partial charge is 0.410 e. The number of nitrogens with zero attached hydrogens (tertiary/aromatic N) is 4. The van der Waals surface area contributed by atoms with Crippen molar-refractivity contribution >= 4 is 33.5 Å². The minimum atomic E-state index is -0.766. The maximum absolute atomic E-state index is 12.3. The molecular weight excluding hydrogens is 422 g/mol. The lowest BCUT2D eigenvalue weighted by Gasteiger charge is -2.37. The first-order valence-corrected chi connectivity index (χ1v) is 8.98. The maximum Gasteiger partial charge on any atom is 0.410 e. The lowest BCUT2D eigenvalue weighted by Crippen LogP contribution is -2.53. The van der Waals surface area contributed by atoms with E-state index in [2.05, 4.69) is 26.2 Å². The van der Waals surface area contributed by atoms with Crippen LogP contribution in [-0.2, 0) is 4.74 Å². The number of ether oxygens (including phenoxy) is 1. The third kappa shape index (κ3) is 5.05. The topological polar surface area (TPSA) is 142 Å². The minimum Gasteiger partial charge on any atom is -0.444 e. The van der Waals surface area contributed by atoms with E-state index in [1.807, 2.05) is 0 Å². The molecule has 2 heterocycles. The molecule has 10 nitrogen and oxygen atoms in total. The fourth-order valence-corrected chi connectivity index (χ4v) is 3.08. The van der Waals surface area contributed by atoms with Gasteiger partial charge < -0.3 is 20.1 Å². The van der Waals surface area contributed by atoms with Crippen molar-refractivity contribution in [3.63, 3.8) is 0 Å². The van der Waals surface area contributed by atoms with Crippen molar-refractivity contribution in [2.24, 2.45) is 0 Å². The Labute approximate surface area is 164 Å². The zero-order valence-electron chi connectivity index (χ0n) is 15.1. The Hall–Kier alpha value is -2.45. The molecule has 0 spiro atoms. The normalized spacial score (nSPS) is 19.9. The molecule has 11 heteroatoms. The second-order valence-electron chi connectivity index (χ2n) is 7.08. The molecule has 1 aromatic heterocycles. The number of nitro groups is 1. The number of rotatable bonds is 3. The minimum absolute atomic E-state index is 0.126. The van der Waals surface area contributed by atoms with Crippen LogP contribution >= 0.6 is 15.9 Å². The van der Waals surface area contributed by atoms with Gasteiger partial charge in [-0.05, 0) is 43.1 Å². The largest absolute Gasteiger partial charge is 0.444 e. The summed E-state index contributed by atoms with van der Waals surface area (Å²) in [6.07, 6.45) is 0.0480. The number of nitrogens with one attached hydrogen (secondary N) is 1. The lowest BCUT2D eigenvalue weighted by molar-refractivity contribution is -0.385. The summed E-state index contributed by atoms with van der Waals surface area (Å²) in [4.78, 5) is 28.0. The average Bonchev–Trinajstić information content (AvgIpc) is 2.56. The number of aliphatic hydroxyl groups excluding tert-OH is 1. The van der Waals surface area contributed by atoms with Crippen LogP contribution in [0.3, 0.4) is 0 Å². The van der Waals surface area contributed by atoms with Crippen LogP contribution in [0.5, 0.6) is 0 Å². The highest BCUT2D eigenvalue weighted by atomic mass is 79.9. The number of pyridine rings is 1. The monoisotopic (exact) mass is 441 g/mol. The van der Waals surface area contributed by atoms with Crippen LogP contribution in [0.1, 0.15) is 32.8 Å². The van der Waals surface area contributed by atoms with Gasteiger partial charge in [-0.25, -0.2) is 9.78 Å². The van der Waals surface area contributed by atoms with E-state index in [0.717, 1.165) is 6.20 Å². The number of amides is 1. The van der Waals surface area contributed by atoms with Crippen LogP contribution in [0.15, 0.2) is 10.7 Å². The van der Waals surface area contributed by atoms with Crippen LogP contribution in [0.25, 0.3) is 0 Å². The number of aromatic nitrogens is 1. The fraction of sp³-hybridized carbons (Fsp3) is 0.562. The zero-order valence-corrected chi connectivity index (χ0v) is 16.7. The highest BCUT2D eigenvalue weighted by molar-refractivity contribution is 9.10. The number of hydrogen-bond donors (Lipinski definition) is 2. The molecule has 1 aliphatic rings. The molecule has 2 N–H and O–H groups in total. The van der Waals surface area contributed by atoms with E-state index >= 15 is 0 Å². The Morgan fingerprint density at radius 2 is 2.26 bits per heavy atom. The van der Waals surface area contributed by atoms with Crippen molar-refractivity contribution < 1.29 is 19.6 Å². The van der Waals surface area contributed by atoms with Crippen LogP contribution in [0.2, 0.25) is 0 Å². The van der Waals surface area contributed by atoms with Crippen LogP contribution in [0.4, 0.5) is 16.3 Å². The summed E-state index contributed by atoms with van der Waals surface area (Å²) >= 11 is 3.15. The van der Waals surface area contributed by atoms with Gasteiger partial charge in [0.05, 0.1) is 21.5 Å². The van der Waals surface area contributed by atoms with Gasteiger partial charge in [0, 0.05) is 13.1 Å². The number of anilines is 1. The Bertz CT molecular complexity index is 789. The number of carbonyl (C=O) groups is 1. The Morgan fingerprint density at radius 3 is 2.81 bits per heavy atom. The number of aliphatic hydroxyl groups is 1. The van der Waals surface area contributed by atoms with Gasteiger partial charge in [0.2, 0.25) is 0 Å². The standard InChI is InChI=1S/C16H20BrN5O5/c1-16(2,3)27-15(24)21-5-4-12(23)10(8-21)20-14-13(17)9(6-18)11(7-19-14)22(25)26/h7,10,12,23H,4-5,8H2,1-3H3,(H,19,20)/t10-,12-/m1/s1. The van der Waals surface area contributed by atoms with Gasteiger partial charge >= 0.3 is 11.8 Å². The first kappa shape index (κ1) is 20.9.